The molecule has 20 heavy (non-hydrogen) atoms. The largest absolute Gasteiger partial charge is 0.353 e. The van der Waals surface area contributed by atoms with E-state index in [2.05, 4.69) is 77.0 Å². The van der Waals surface area contributed by atoms with Crippen molar-refractivity contribution in [3.63, 3.8) is 0 Å². The Morgan fingerprint density at radius 2 is 2.05 bits per heavy atom. The van der Waals surface area contributed by atoms with Gasteiger partial charge in [0.15, 0.2) is 0 Å². The number of pyridine rings is 1. The fraction of sp³-hybridized carbons (Fsp3) is 0.667. The Hall–Kier alpha value is -0.650. The van der Waals surface area contributed by atoms with Crippen LogP contribution in [0.1, 0.15) is 26.3 Å². The van der Waals surface area contributed by atoms with Crippen LogP contribution in [0, 0.1) is 0 Å². The molecule has 1 heterocycles. The van der Waals surface area contributed by atoms with Crippen molar-refractivity contribution < 1.29 is 0 Å². The Morgan fingerprint density at radius 1 is 1.35 bits per heavy atom. The quantitative estimate of drug-likeness (QED) is 0.787. The van der Waals surface area contributed by atoms with Gasteiger partial charge in [-0.3, -0.25) is 0 Å². The number of halogens is 1. The summed E-state index contributed by atoms with van der Waals surface area (Å²) in [5.41, 5.74) is 1.24. The lowest BCUT2D eigenvalue weighted by Gasteiger charge is -2.32. The van der Waals surface area contributed by atoms with Crippen molar-refractivity contribution in [1.29, 1.82) is 0 Å². The Morgan fingerprint density at radius 3 is 2.60 bits per heavy atom. The topological polar surface area (TPSA) is 31.4 Å². The maximum Gasteiger partial charge on any atom is 0.133 e. The van der Waals surface area contributed by atoms with E-state index in [1.165, 1.54) is 5.56 Å². The average Bonchev–Trinajstić information content (AvgIpc) is 2.38. The molecule has 1 unspecified atom stereocenters. The first-order valence-corrected chi connectivity index (χ1v) is 8.05. The highest BCUT2D eigenvalue weighted by Crippen LogP contribution is 2.23. The summed E-state index contributed by atoms with van der Waals surface area (Å²) >= 11 is 3.52. The number of anilines is 1. The average molecular weight is 343 g/mol. The normalized spacial score (nSPS) is 12.8. The molecule has 0 spiro atoms. The van der Waals surface area contributed by atoms with Gasteiger partial charge in [0.2, 0.25) is 0 Å². The van der Waals surface area contributed by atoms with E-state index in [-0.39, 0.29) is 0 Å². The molecule has 0 saturated carbocycles. The van der Waals surface area contributed by atoms with Crippen molar-refractivity contribution in [2.45, 2.75) is 33.4 Å². The van der Waals surface area contributed by atoms with Crippen LogP contribution in [0.4, 0.5) is 5.82 Å². The standard InChI is InChI=1S/C15H27BrN4/c1-6-17-9-13-8-14(16)10-18-15(13)20(7-2)12(3)11-19(4)5/h8,10,12,17H,6-7,9,11H2,1-5H3. The first kappa shape index (κ1) is 17.4. The Kier molecular flexibility index (Phi) is 7.48. The van der Waals surface area contributed by atoms with Crippen molar-refractivity contribution in [2.75, 3.05) is 38.6 Å². The maximum atomic E-state index is 4.65. The molecule has 0 aliphatic carbocycles. The fourth-order valence-corrected chi connectivity index (χ4v) is 2.80. The van der Waals surface area contributed by atoms with E-state index in [0.29, 0.717) is 6.04 Å². The maximum absolute atomic E-state index is 4.65. The van der Waals surface area contributed by atoms with Crippen molar-refractivity contribution >= 4 is 21.7 Å². The van der Waals surface area contributed by atoms with Crippen LogP contribution in [-0.4, -0.2) is 49.7 Å². The van der Waals surface area contributed by atoms with Crippen molar-refractivity contribution in [3.8, 4) is 0 Å². The molecule has 4 nitrogen and oxygen atoms in total. The lowest BCUT2D eigenvalue weighted by Crippen LogP contribution is -2.41. The second-order valence-electron chi connectivity index (χ2n) is 5.31. The third-order valence-electron chi connectivity index (χ3n) is 3.25. The SMILES string of the molecule is CCNCc1cc(Br)cnc1N(CC)C(C)CN(C)C. The molecular formula is C15H27BrN4. The molecule has 1 aromatic rings. The molecule has 1 aromatic heterocycles. The number of likely N-dealkylation sites (N-methyl/N-ethyl adjacent to an activating group) is 2. The van der Waals surface area contributed by atoms with Gasteiger partial charge in [0.1, 0.15) is 5.82 Å². The summed E-state index contributed by atoms with van der Waals surface area (Å²) in [6.07, 6.45) is 1.88. The summed E-state index contributed by atoms with van der Waals surface area (Å²) in [5, 5.41) is 3.39. The van der Waals surface area contributed by atoms with Gasteiger partial charge < -0.3 is 15.1 Å². The van der Waals surface area contributed by atoms with E-state index in [0.717, 1.165) is 36.5 Å². The lowest BCUT2D eigenvalue weighted by molar-refractivity contribution is 0.372. The summed E-state index contributed by atoms with van der Waals surface area (Å²) in [5.74, 6) is 1.09. The van der Waals surface area contributed by atoms with Crippen LogP contribution in [0.25, 0.3) is 0 Å². The molecule has 0 radical (unpaired) electrons. The smallest absolute Gasteiger partial charge is 0.133 e. The highest BCUT2D eigenvalue weighted by molar-refractivity contribution is 9.10. The predicted molar refractivity (Wildman–Crippen MR) is 90.4 cm³/mol. The van der Waals surface area contributed by atoms with Crippen LogP contribution in [0.5, 0.6) is 0 Å². The van der Waals surface area contributed by atoms with Gasteiger partial charge in [0, 0.05) is 41.9 Å². The third-order valence-corrected chi connectivity index (χ3v) is 3.68. The molecule has 1 atom stereocenters. The fourth-order valence-electron chi connectivity index (χ4n) is 2.42. The molecule has 1 rings (SSSR count). The Bertz CT molecular complexity index is 409. The van der Waals surface area contributed by atoms with E-state index < -0.39 is 0 Å². The number of nitrogens with one attached hydrogen (secondary N) is 1. The van der Waals surface area contributed by atoms with Gasteiger partial charge in [-0.05, 0) is 56.5 Å². The number of nitrogens with zero attached hydrogens (tertiary/aromatic N) is 3. The molecular weight excluding hydrogens is 316 g/mol. The molecule has 0 bridgehead atoms. The minimum absolute atomic E-state index is 0.434. The van der Waals surface area contributed by atoms with Gasteiger partial charge in [-0.25, -0.2) is 4.98 Å². The highest BCUT2D eigenvalue weighted by atomic mass is 79.9. The second-order valence-corrected chi connectivity index (χ2v) is 6.23. The number of hydrogen-bond donors (Lipinski definition) is 1. The number of rotatable bonds is 8. The van der Waals surface area contributed by atoms with Gasteiger partial charge in [0.05, 0.1) is 0 Å². The van der Waals surface area contributed by atoms with Crippen LogP contribution < -0.4 is 10.2 Å². The monoisotopic (exact) mass is 342 g/mol. The van der Waals surface area contributed by atoms with Crippen molar-refractivity contribution in [3.05, 3.63) is 22.3 Å². The van der Waals surface area contributed by atoms with E-state index >= 15 is 0 Å². The highest BCUT2D eigenvalue weighted by Gasteiger charge is 2.18. The third kappa shape index (κ3) is 5.04. The molecule has 5 heteroatoms. The van der Waals surface area contributed by atoms with Crippen molar-refractivity contribution in [2.24, 2.45) is 0 Å². The summed E-state index contributed by atoms with van der Waals surface area (Å²) in [7, 11) is 4.22. The summed E-state index contributed by atoms with van der Waals surface area (Å²) in [4.78, 5) is 9.24. The molecule has 0 aromatic carbocycles. The molecule has 0 amide bonds. The van der Waals surface area contributed by atoms with E-state index in [9.17, 15) is 0 Å². The number of hydrogen-bond acceptors (Lipinski definition) is 4. The Labute approximate surface area is 131 Å². The van der Waals surface area contributed by atoms with Gasteiger partial charge >= 0.3 is 0 Å². The number of aromatic nitrogens is 1. The van der Waals surface area contributed by atoms with E-state index in [4.69, 9.17) is 0 Å². The zero-order valence-corrected chi connectivity index (χ0v) is 14.9. The molecule has 0 aliphatic rings. The van der Waals surface area contributed by atoms with Crippen molar-refractivity contribution in [1.82, 2.24) is 15.2 Å². The van der Waals surface area contributed by atoms with Crippen LogP contribution in [0.15, 0.2) is 16.7 Å². The zero-order valence-electron chi connectivity index (χ0n) is 13.3. The van der Waals surface area contributed by atoms with Crippen LogP contribution in [0.2, 0.25) is 0 Å². The summed E-state index contributed by atoms with van der Waals surface area (Å²) < 4.78 is 1.03. The van der Waals surface area contributed by atoms with Crippen LogP contribution in [0.3, 0.4) is 0 Å². The van der Waals surface area contributed by atoms with Crippen LogP contribution in [-0.2, 0) is 6.54 Å². The minimum Gasteiger partial charge on any atom is -0.353 e. The zero-order chi connectivity index (χ0) is 15.1. The van der Waals surface area contributed by atoms with Gasteiger partial charge in [0.25, 0.3) is 0 Å². The molecule has 1 N–H and O–H groups in total. The first-order chi connectivity index (χ1) is 9.49. The van der Waals surface area contributed by atoms with Crippen LogP contribution >= 0.6 is 15.9 Å². The summed E-state index contributed by atoms with van der Waals surface area (Å²) in [6.45, 7) is 10.4. The summed E-state index contributed by atoms with van der Waals surface area (Å²) in [6, 6.07) is 2.60. The van der Waals surface area contributed by atoms with Gasteiger partial charge in [-0.1, -0.05) is 6.92 Å². The second kappa shape index (κ2) is 8.60. The Balaban J connectivity index is 3.00. The van der Waals surface area contributed by atoms with Gasteiger partial charge in [-0.2, -0.15) is 0 Å². The van der Waals surface area contributed by atoms with E-state index in [1.807, 2.05) is 6.20 Å². The molecule has 114 valence electrons. The predicted octanol–water partition coefficient (Wildman–Crippen LogP) is 2.73. The molecule has 0 fully saturated rings. The first-order valence-electron chi connectivity index (χ1n) is 7.26. The lowest BCUT2D eigenvalue weighted by atomic mass is 10.2. The van der Waals surface area contributed by atoms with E-state index in [1.54, 1.807) is 0 Å². The minimum atomic E-state index is 0.434. The molecule has 0 saturated heterocycles. The van der Waals surface area contributed by atoms with Gasteiger partial charge in [-0.15, -0.1) is 0 Å². The molecule has 0 aliphatic heterocycles.